The summed E-state index contributed by atoms with van der Waals surface area (Å²) in [4.78, 5) is 15.6. The molecule has 0 N–H and O–H groups in total. The van der Waals surface area contributed by atoms with E-state index in [0.29, 0.717) is 17.5 Å². The molecule has 0 fully saturated rings. The molecular formula is C52H35N3O2. The van der Waals surface area contributed by atoms with Crippen molar-refractivity contribution in [1.82, 2.24) is 15.0 Å². The first-order valence-corrected chi connectivity index (χ1v) is 19.3. The predicted octanol–water partition coefficient (Wildman–Crippen LogP) is 13.6. The van der Waals surface area contributed by atoms with Crippen LogP contribution in [0.4, 0.5) is 0 Å². The van der Waals surface area contributed by atoms with Gasteiger partial charge in [-0.2, -0.15) is 0 Å². The van der Waals surface area contributed by atoms with Gasteiger partial charge >= 0.3 is 0 Å². The molecule has 2 aromatic heterocycles. The van der Waals surface area contributed by atoms with Crippen molar-refractivity contribution >= 4 is 32.7 Å². The van der Waals surface area contributed by atoms with Crippen LogP contribution < -0.4 is 4.74 Å². The minimum atomic E-state index is -0.489. The van der Waals surface area contributed by atoms with Crippen LogP contribution in [-0.4, -0.2) is 15.0 Å². The smallest absolute Gasteiger partial charge is 0.164 e. The summed E-state index contributed by atoms with van der Waals surface area (Å²) in [6.07, 6.45) is 0. The number of rotatable bonds is 5. The zero-order chi connectivity index (χ0) is 38.1. The summed E-state index contributed by atoms with van der Waals surface area (Å²) in [5, 5.41) is 4.22. The van der Waals surface area contributed by atoms with Gasteiger partial charge in [-0.3, -0.25) is 0 Å². The van der Waals surface area contributed by atoms with Crippen LogP contribution in [0.2, 0.25) is 0 Å². The molecule has 10 aromatic rings. The second-order valence-electron chi connectivity index (χ2n) is 15.1. The monoisotopic (exact) mass is 733 g/mol. The highest BCUT2D eigenvalue weighted by Crippen LogP contribution is 2.48. The van der Waals surface area contributed by atoms with Crippen LogP contribution in [0.15, 0.2) is 180 Å². The number of ether oxygens (including phenoxy) is 1. The summed E-state index contributed by atoms with van der Waals surface area (Å²) < 4.78 is 13.4. The Morgan fingerprint density at radius 2 is 1.04 bits per heavy atom. The van der Waals surface area contributed by atoms with Gasteiger partial charge in [0, 0.05) is 44.2 Å². The summed E-state index contributed by atoms with van der Waals surface area (Å²) >= 11 is 0. The Kier molecular flexibility index (Phi) is 7.45. The molecule has 1 aliphatic heterocycles. The van der Waals surface area contributed by atoms with Gasteiger partial charge in [0.05, 0.1) is 0 Å². The van der Waals surface area contributed by atoms with Gasteiger partial charge in [-0.05, 0) is 71.1 Å². The fraction of sp³-hybridized carbons (Fsp3) is 0.0577. The molecular weight excluding hydrogens is 699 g/mol. The van der Waals surface area contributed by atoms with E-state index in [4.69, 9.17) is 24.1 Å². The predicted molar refractivity (Wildman–Crippen MR) is 231 cm³/mol. The molecule has 57 heavy (non-hydrogen) atoms. The van der Waals surface area contributed by atoms with E-state index in [9.17, 15) is 0 Å². The standard InChI is InChI=1S/C52H35N3O2/c1-52(2)45-21-10-8-18-39(45)41-28-27-36(31-47(41)57-52)43-29-37(30-44-40-19-9-11-22-46(40)56-48(43)44)50-53-49(35-25-23-33(24-26-35)32-13-4-3-5-14-32)54-51(55-50)42-20-12-16-34-15-6-7-17-38(34)42/h3-31H,1-2H3. The number of aromatic nitrogens is 3. The molecule has 0 atom stereocenters. The molecule has 0 amide bonds. The number of hydrogen-bond acceptors (Lipinski definition) is 5. The van der Waals surface area contributed by atoms with Crippen LogP contribution >= 0.6 is 0 Å². The minimum Gasteiger partial charge on any atom is -0.482 e. The number of fused-ring (bicyclic) bond motifs is 7. The van der Waals surface area contributed by atoms with E-state index in [-0.39, 0.29) is 0 Å². The first-order valence-electron chi connectivity index (χ1n) is 19.3. The number of hydrogen-bond donors (Lipinski definition) is 0. The lowest BCUT2D eigenvalue weighted by atomic mass is 9.85. The molecule has 270 valence electrons. The van der Waals surface area contributed by atoms with Crippen LogP contribution in [0.25, 0.3) is 100 Å². The Morgan fingerprint density at radius 1 is 0.404 bits per heavy atom. The molecule has 0 aliphatic carbocycles. The topological polar surface area (TPSA) is 61.0 Å². The van der Waals surface area contributed by atoms with Gasteiger partial charge in [0.25, 0.3) is 0 Å². The fourth-order valence-electron chi connectivity index (χ4n) is 8.36. The quantitative estimate of drug-likeness (QED) is 0.176. The van der Waals surface area contributed by atoms with Crippen molar-refractivity contribution in [3.8, 4) is 73.3 Å². The molecule has 0 saturated heterocycles. The van der Waals surface area contributed by atoms with E-state index in [1.165, 1.54) is 11.1 Å². The van der Waals surface area contributed by atoms with Crippen LogP contribution in [0, 0.1) is 0 Å². The van der Waals surface area contributed by atoms with Crippen molar-refractivity contribution in [3.05, 3.63) is 181 Å². The van der Waals surface area contributed by atoms with Gasteiger partial charge in [-0.15, -0.1) is 0 Å². The first-order chi connectivity index (χ1) is 28.0. The molecule has 0 unspecified atom stereocenters. The molecule has 1 aliphatic rings. The van der Waals surface area contributed by atoms with Crippen LogP contribution in [0.5, 0.6) is 5.75 Å². The van der Waals surface area contributed by atoms with Crippen LogP contribution in [0.1, 0.15) is 19.4 Å². The maximum absolute atomic E-state index is 6.73. The van der Waals surface area contributed by atoms with E-state index in [0.717, 1.165) is 83.0 Å². The van der Waals surface area contributed by atoms with Crippen LogP contribution in [-0.2, 0) is 5.60 Å². The van der Waals surface area contributed by atoms with E-state index in [2.05, 4.69) is 172 Å². The van der Waals surface area contributed by atoms with Gasteiger partial charge in [-0.25, -0.2) is 15.0 Å². The van der Waals surface area contributed by atoms with Gasteiger partial charge in [-0.1, -0.05) is 152 Å². The number of nitrogens with zero attached hydrogens (tertiary/aromatic N) is 3. The Hall–Kier alpha value is -7.37. The van der Waals surface area contributed by atoms with Crippen molar-refractivity contribution in [2.24, 2.45) is 0 Å². The molecule has 0 radical (unpaired) electrons. The van der Waals surface area contributed by atoms with Gasteiger partial charge in [0.1, 0.15) is 22.5 Å². The number of benzene rings is 8. The molecule has 8 aromatic carbocycles. The van der Waals surface area contributed by atoms with E-state index in [1.807, 2.05) is 18.2 Å². The second-order valence-corrected chi connectivity index (χ2v) is 15.1. The largest absolute Gasteiger partial charge is 0.482 e. The first kappa shape index (κ1) is 33.0. The fourth-order valence-corrected chi connectivity index (χ4v) is 8.36. The van der Waals surface area contributed by atoms with Gasteiger partial charge < -0.3 is 9.15 Å². The normalized spacial score (nSPS) is 13.0. The van der Waals surface area contributed by atoms with E-state index >= 15 is 0 Å². The van der Waals surface area contributed by atoms with E-state index in [1.54, 1.807) is 0 Å². The lowest BCUT2D eigenvalue weighted by Crippen LogP contribution is -2.29. The van der Waals surface area contributed by atoms with Crippen molar-refractivity contribution in [2.45, 2.75) is 19.4 Å². The summed E-state index contributed by atoms with van der Waals surface area (Å²) in [7, 11) is 0. The zero-order valence-corrected chi connectivity index (χ0v) is 31.4. The van der Waals surface area contributed by atoms with Crippen molar-refractivity contribution < 1.29 is 9.15 Å². The zero-order valence-electron chi connectivity index (χ0n) is 31.4. The molecule has 0 saturated carbocycles. The Bertz CT molecular complexity index is 3180. The molecule has 5 nitrogen and oxygen atoms in total. The SMILES string of the molecule is CC1(C)Oc2cc(-c3cc(-c4nc(-c5ccc(-c6ccccc6)cc5)nc(-c5cccc6ccccc56)n4)cc4c3oc3ccccc34)ccc2-c2ccccc21. The molecule has 11 rings (SSSR count). The van der Waals surface area contributed by atoms with Crippen molar-refractivity contribution in [2.75, 3.05) is 0 Å². The van der Waals surface area contributed by atoms with Gasteiger partial charge in [0.2, 0.25) is 0 Å². The Labute approximate surface area is 329 Å². The molecule has 5 heteroatoms. The highest BCUT2D eigenvalue weighted by molar-refractivity contribution is 6.11. The maximum atomic E-state index is 6.73. The molecule has 3 heterocycles. The lowest BCUT2D eigenvalue weighted by molar-refractivity contribution is 0.106. The summed E-state index contributed by atoms with van der Waals surface area (Å²) in [5.41, 5.74) is 11.5. The molecule has 0 spiro atoms. The van der Waals surface area contributed by atoms with Crippen LogP contribution in [0.3, 0.4) is 0 Å². The Morgan fingerprint density at radius 3 is 1.89 bits per heavy atom. The Balaban J connectivity index is 1.13. The summed E-state index contributed by atoms with van der Waals surface area (Å²) in [5.74, 6) is 2.63. The number of para-hydroxylation sites is 1. The van der Waals surface area contributed by atoms with Gasteiger partial charge in [0.15, 0.2) is 17.5 Å². The van der Waals surface area contributed by atoms with E-state index < -0.39 is 5.60 Å². The van der Waals surface area contributed by atoms with Crippen molar-refractivity contribution in [1.29, 1.82) is 0 Å². The average Bonchev–Trinajstić information content (AvgIpc) is 3.64. The summed E-state index contributed by atoms with van der Waals surface area (Å²) in [6.45, 7) is 4.25. The highest BCUT2D eigenvalue weighted by Gasteiger charge is 2.32. The number of furan rings is 1. The minimum absolute atomic E-state index is 0.489. The lowest BCUT2D eigenvalue weighted by Gasteiger charge is -2.35. The summed E-state index contributed by atoms with van der Waals surface area (Å²) in [6, 6.07) is 61.0. The third-order valence-corrected chi connectivity index (χ3v) is 11.2. The second kappa shape index (κ2) is 12.9. The highest BCUT2D eigenvalue weighted by atomic mass is 16.5. The third-order valence-electron chi connectivity index (χ3n) is 11.2. The molecule has 0 bridgehead atoms. The van der Waals surface area contributed by atoms with Crippen molar-refractivity contribution in [3.63, 3.8) is 0 Å². The maximum Gasteiger partial charge on any atom is 0.164 e. The average molecular weight is 734 g/mol. The third kappa shape index (κ3) is 5.58.